The van der Waals surface area contributed by atoms with Gasteiger partial charge in [0.05, 0.1) is 0 Å². The highest BCUT2D eigenvalue weighted by atomic mass is 16.2. The van der Waals surface area contributed by atoms with Crippen LogP contribution in [0.5, 0.6) is 0 Å². The Bertz CT molecular complexity index is 195. The van der Waals surface area contributed by atoms with Crippen LogP contribution in [0.3, 0.4) is 0 Å². The highest BCUT2D eigenvalue weighted by Gasteiger charge is 2.04. The van der Waals surface area contributed by atoms with Crippen LogP contribution in [0.2, 0.25) is 0 Å². The van der Waals surface area contributed by atoms with Gasteiger partial charge in [0.25, 0.3) is 0 Å². The summed E-state index contributed by atoms with van der Waals surface area (Å²) < 4.78 is 0. The standard InChI is InChI=1S/C15H32N2O/c1-3-5-6-7-8-9-10-11-12-13-14-17(4-2)15(16)18/h3-14H2,1-2H3,(H2,16,18). The molecule has 0 heterocycles. The van der Waals surface area contributed by atoms with Gasteiger partial charge in [-0.15, -0.1) is 0 Å². The van der Waals surface area contributed by atoms with Gasteiger partial charge in [0.15, 0.2) is 0 Å². The lowest BCUT2D eigenvalue weighted by molar-refractivity contribution is 0.209. The minimum absolute atomic E-state index is 0.284. The average Bonchev–Trinajstić information content (AvgIpc) is 2.35. The van der Waals surface area contributed by atoms with Crippen molar-refractivity contribution in [2.45, 2.75) is 78.1 Å². The first-order valence-corrected chi connectivity index (χ1v) is 7.76. The van der Waals surface area contributed by atoms with E-state index in [-0.39, 0.29) is 6.03 Å². The van der Waals surface area contributed by atoms with Gasteiger partial charge in [0, 0.05) is 13.1 Å². The molecule has 0 aromatic heterocycles. The molecule has 0 spiro atoms. The molecule has 3 heteroatoms. The minimum Gasteiger partial charge on any atom is -0.351 e. The van der Waals surface area contributed by atoms with Crippen LogP contribution in [0.4, 0.5) is 4.79 Å². The molecule has 18 heavy (non-hydrogen) atoms. The van der Waals surface area contributed by atoms with E-state index in [1.54, 1.807) is 4.90 Å². The topological polar surface area (TPSA) is 46.3 Å². The molecule has 2 amide bonds. The van der Waals surface area contributed by atoms with E-state index in [4.69, 9.17) is 5.73 Å². The summed E-state index contributed by atoms with van der Waals surface area (Å²) in [7, 11) is 0. The Balaban J connectivity index is 3.18. The van der Waals surface area contributed by atoms with Gasteiger partial charge in [-0.3, -0.25) is 0 Å². The van der Waals surface area contributed by atoms with Crippen LogP contribution in [0.15, 0.2) is 0 Å². The molecule has 0 aromatic carbocycles. The van der Waals surface area contributed by atoms with Crippen LogP contribution < -0.4 is 5.73 Å². The third-order valence-electron chi connectivity index (χ3n) is 3.47. The summed E-state index contributed by atoms with van der Waals surface area (Å²) in [5.41, 5.74) is 5.25. The Morgan fingerprint density at radius 3 is 1.67 bits per heavy atom. The Labute approximate surface area is 113 Å². The zero-order chi connectivity index (χ0) is 13.6. The first kappa shape index (κ1) is 17.3. The van der Waals surface area contributed by atoms with Crippen molar-refractivity contribution in [3.05, 3.63) is 0 Å². The molecule has 0 unspecified atom stereocenters. The summed E-state index contributed by atoms with van der Waals surface area (Å²) >= 11 is 0. The lowest BCUT2D eigenvalue weighted by atomic mass is 10.1. The summed E-state index contributed by atoms with van der Waals surface area (Å²) in [6.07, 6.45) is 13.2. The number of carbonyl (C=O) groups excluding carboxylic acids is 1. The van der Waals surface area contributed by atoms with Crippen LogP contribution in [0.1, 0.15) is 78.1 Å². The van der Waals surface area contributed by atoms with Crippen LogP contribution in [0, 0.1) is 0 Å². The predicted octanol–water partition coefficient (Wildman–Crippen LogP) is 4.31. The monoisotopic (exact) mass is 256 g/mol. The van der Waals surface area contributed by atoms with Crippen molar-refractivity contribution in [3.63, 3.8) is 0 Å². The van der Waals surface area contributed by atoms with Gasteiger partial charge >= 0.3 is 6.03 Å². The van der Waals surface area contributed by atoms with Crippen LogP contribution >= 0.6 is 0 Å². The van der Waals surface area contributed by atoms with E-state index in [1.165, 1.54) is 57.8 Å². The van der Waals surface area contributed by atoms with Crippen molar-refractivity contribution in [1.29, 1.82) is 0 Å². The van der Waals surface area contributed by atoms with Gasteiger partial charge in [-0.25, -0.2) is 4.79 Å². The molecule has 3 nitrogen and oxygen atoms in total. The van der Waals surface area contributed by atoms with Crippen LogP contribution in [0.25, 0.3) is 0 Å². The number of nitrogens with zero attached hydrogens (tertiary/aromatic N) is 1. The molecule has 0 rings (SSSR count). The molecule has 0 aliphatic carbocycles. The molecule has 0 atom stereocenters. The molecular weight excluding hydrogens is 224 g/mol. The van der Waals surface area contributed by atoms with E-state index >= 15 is 0 Å². The van der Waals surface area contributed by atoms with Gasteiger partial charge in [-0.1, -0.05) is 64.7 Å². The first-order chi connectivity index (χ1) is 8.72. The van der Waals surface area contributed by atoms with E-state index in [0.717, 1.165) is 19.5 Å². The maximum absolute atomic E-state index is 11.0. The molecule has 0 aromatic rings. The third-order valence-corrected chi connectivity index (χ3v) is 3.47. The zero-order valence-electron chi connectivity index (χ0n) is 12.4. The van der Waals surface area contributed by atoms with Crippen molar-refractivity contribution in [2.24, 2.45) is 5.73 Å². The van der Waals surface area contributed by atoms with E-state index in [1.807, 2.05) is 6.92 Å². The normalized spacial score (nSPS) is 10.6. The third kappa shape index (κ3) is 10.4. The first-order valence-electron chi connectivity index (χ1n) is 7.76. The number of rotatable bonds is 12. The maximum Gasteiger partial charge on any atom is 0.314 e. The van der Waals surface area contributed by atoms with E-state index in [2.05, 4.69) is 6.92 Å². The fourth-order valence-corrected chi connectivity index (χ4v) is 2.21. The average molecular weight is 256 g/mol. The Morgan fingerprint density at radius 1 is 0.833 bits per heavy atom. The van der Waals surface area contributed by atoms with Gasteiger partial charge in [-0.2, -0.15) is 0 Å². The number of nitrogens with two attached hydrogens (primary N) is 1. The number of amides is 2. The summed E-state index contributed by atoms with van der Waals surface area (Å²) in [4.78, 5) is 12.7. The molecule has 0 aliphatic rings. The van der Waals surface area contributed by atoms with Gasteiger partial charge in [0.1, 0.15) is 0 Å². The number of carbonyl (C=O) groups is 1. The maximum atomic E-state index is 11.0. The van der Waals surface area contributed by atoms with Gasteiger partial charge in [-0.05, 0) is 13.3 Å². The molecule has 0 aliphatic heterocycles. The fraction of sp³-hybridized carbons (Fsp3) is 0.933. The molecule has 2 N–H and O–H groups in total. The molecule has 0 bridgehead atoms. The molecule has 0 fully saturated rings. The van der Waals surface area contributed by atoms with Crippen LogP contribution in [-0.2, 0) is 0 Å². The highest BCUT2D eigenvalue weighted by Crippen LogP contribution is 2.10. The second-order valence-corrected chi connectivity index (χ2v) is 5.10. The Morgan fingerprint density at radius 2 is 1.28 bits per heavy atom. The van der Waals surface area contributed by atoms with Crippen molar-refractivity contribution < 1.29 is 4.79 Å². The largest absolute Gasteiger partial charge is 0.351 e. The number of hydrogen-bond donors (Lipinski definition) is 1. The van der Waals surface area contributed by atoms with E-state index in [9.17, 15) is 4.79 Å². The summed E-state index contributed by atoms with van der Waals surface area (Å²) in [5.74, 6) is 0. The Hall–Kier alpha value is -0.730. The van der Waals surface area contributed by atoms with Crippen molar-refractivity contribution in [3.8, 4) is 0 Å². The zero-order valence-corrected chi connectivity index (χ0v) is 12.4. The lowest BCUT2D eigenvalue weighted by Crippen LogP contribution is -2.36. The van der Waals surface area contributed by atoms with Crippen molar-refractivity contribution >= 4 is 6.03 Å². The summed E-state index contributed by atoms with van der Waals surface area (Å²) in [6.45, 7) is 5.78. The van der Waals surface area contributed by atoms with Gasteiger partial charge < -0.3 is 10.6 Å². The second-order valence-electron chi connectivity index (χ2n) is 5.10. The predicted molar refractivity (Wildman–Crippen MR) is 78.7 cm³/mol. The SMILES string of the molecule is CCCCCCCCCCCCN(CC)C(N)=O. The Kier molecular flexibility index (Phi) is 12.2. The molecule has 0 saturated heterocycles. The van der Waals surface area contributed by atoms with Crippen LogP contribution in [-0.4, -0.2) is 24.0 Å². The number of unbranched alkanes of at least 4 members (excludes halogenated alkanes) is 9. The molecule has 108 valence electrons. The van der Waals surface area contributed by atoms with E-state index in [0.29, 0.717) is 0 Å². The lowest BCUT2D eigenvalue weighted by Gasteiger charge is -2.17. The highest BCUT2D eigenvalue weighted by molar-refractivity contribution is 5.71. The summed E-state index contributed by atoms with van der Waals surface area (Å²) in [6, 6.07) is -0.284. The molecular formula is C15H32N2O. The summed E-state index contributed by atoms with van der Waals surface area (Å²) in [5, 5.41) is 0. The molecule has 0 saturated carbocycles. The van der Waals surface area contributed by atoms with Crippen molar-refractivity contribution in [1.82, 2.24) is 4.90 Å². The minimum atomic E-state index is -0.284. The van der Waals surface area contributed by atoms with Crippen molar-refractivity contribution in [2.75, 3.05) is 13.1 Å². The number of primary amides is 1. The van der Waals surface area contributed by atoms with E-state index < -0.39 is 0 Å². The fourth-order valence-electron chi connectivity index (χ4n) is 2.21. The molecule has 0 radical (unpaired) electrons. The second kappa shape index (κ2) is 12.7. The van der Waals surface area contributed by atoms with Gasteiger partial charge in [0.2, 0.25) is 0 Å². The smallest absolute Gasteiger partial charge is 0.314 e. The number of urea groups is 1. The number of hydrogen-bond acceptors (Lipinski definition) is 1. The quantitative estimate of drug-likeness (QED) is 0.520.